The number of carbonyl (C=O) groups is 1. The fourth-order valence-electron chi connectivity index (χ4n) is 2.03. The lowest BCUT2D eigenvalue weighted by molar-refractivity contribution is 0.0581. The number of aliphatic hydroxyl groups is 1. The Hall–Kier alpha value is -1.17. The van der Waals surface area contributed by atoms with Crippen molar-refractivity contribution in [2.24, 2.45) is 0 Å². The molecule has 1 aliphatic heterocycles. The topological polar surface area (TPSA) is 52.6 Å². The Morgan fingerprint density at radius 2 is 2.28 bits per heavy atom. The lowest BCUT2D eigenvalue weighted by atomic mass is 10.1. The Balaban J connectivity index is 2.17. The molecule has 0 saturated carbocycles. The SMILES string of the molecule is CN(C(=O)c1ccc(F)c(Cl)c1)[C@H]1CNC[C@@H]1O. The van der Waals surface area contributed by atoms with Crippen molar-refractivity contribution in [2.75, 3.05) is 20.1 Å². The van der Waals surface area contributed by atoms with Crippen LogP contribution in [0.2, 0.25) is 5.02 Å². The van der Waals surface area contributed by atoms with Crippen molar-refractivity contribution < 1.29 is 14.3 Å². The average molecular weight is 273 g/mol. The van der Waals surface area contributed by atoms with Crippen LogP contribution in [0, 0.1) is 5.82 Å². The van der Waals surface area contributed by atoms with Crippen LogP contribution in [0.5, 0.6) is 0 Å². The second-order valence-corrected chi connectivity index (χ2v) is 4.75. The molecule has 4 nitrogen and oxygen atoms in total. The van der Waals surface area contributed by atoms with E-state index in [4.69, 9.17) is 11.6 Å². The summed E-state index contributed by atoms with van der Waals surface area (Å²) in [5, 5.41) is 12.6. The number of likely N-dealkylation sites (N-methyl/N-ethyl adjacent to an activating group) is 1. The van der Waals surface area contributed by atoms with Gasteiger partial charge in [0.1, 0.15) is 5.82 Å². The summed E-state index contributed by atoms with van der Waals surface area (Å²) >= 11 is 5.64. The lowest BCUT2D eigenvalue weighted by Gasteiger charge is -2.26. The largest absolute Gasteiger partial charge is 0.390 e. The van der Waals surface area contributed by atoms with Gasteiger partial charge in [-0.3, -0.25) is 4.79 Å². The van der Waals surface area contributed by atoms with E-state index >= 15 is 0 Å². The number of hydrogen-bond acceptors (Lipinski definition) is 3. The molecule has 0 aromatic heterocycles. The van der Waals surface area contributed by atoms with Gasteiger partial charge in [0.05, 0.1) is 17.2 Å². The number of aliphatic hydroxyl groups excluding tert-OH is 1. The molecule has 1 amide bonds. The van der Waals surface area contributed by atoms with Crippen LogP contribution in [0.3, 0.4) is 0 Å². The van der Waals surface area contributed by atoms with E-state index in [2.05, 4.69) is 5.32 Å². The Morgan fingerprint density at radius 3 is 2.83 bits per heavy atom. The maximum absolute atomic E-state index is 13.0. The maximum atomic E-state index is 13.0. The predicted octanol–water partition coefficient (Wildman–Crippen LogP) is 0.884. The molecule has 1 fully saturated rings. The highest BCUT2D eigenvalue weighted by atomic mass is 35.5. The summed E-state index contributed by atoms with van der Waals surface area (Å²) in [5.41, 5.74) is 0.308. The van der Waals surface area contributed by atoms with E-state index in [0.29, 0.717) is 18.7 Å². The van der Waals surface area contributed by atoms with Crippen LogP contribution in [0.4, 0.5) is 4.39 Å². The highest BCUT2D eigenvalue weighted by Gasteiger charge is 2.31. The van der Waals surface area contributed by atoms with Crippen LogP contribution in [0.15, 0.2) is 18.2 Å². The number of amides is 1. The lowest BCUT2D eigenvalue weighted by Crippen LogP contribution is -2.44. The van der Waals surface area contributed by atoms with Crippen molar-refractivity contribution in [2.45, 2.75) is 12.1 Å². The maximum Gasteiger partial charge on any atom is 0.254 e. The first-order valence-corrected chi connectivity index (χ1v) is 5.99. The highest BCUT2D eigenvalue weighted by molar-refractivity contribution is 6.31. The average Bonchev–Trinajstić information content (AvgIpc) is 2.77. The fourth-order valence-corrected chi connectivity index (χ4v) is 2.21. The van der Waals surface area contributed by atoms with E-state index in [1.807, 2.05) is 0 Å². The molecule has 1 saturated heterocycles. The first kappa shape index (κ1) is 13.3. The zero-order valence-electron chi connectivity index (χ0n) is 9.86. The second-order valence-electron chi connectivity index (χ2n) is 4.34. The Kier molecular flexibility index (Phi) is 3.85. The normalized spacial score (nSPS) is 23.1. The Labute approximate surface area is 109 Å². The number of benzene rings is 1. The highest BCUT2D eigenvalue weighted by Crippen LogP contribution is 2.18. The monoisotopic (exact) mass is 272 g/mol. The molecule has 1 aromatic rings. The standard InChI is InChI=1S/C12H14ClFN2O2/c1-16(10-5-15-6-11(10)17)12(18)7-2-3-9(14)8(13)4-7/h2-4,10-11,15,17H,5-6H2,1H3/t10-,11-/m0/s1. The van der Waals surface area contributed by atoms with E-state index in [-0.39, 0.29) is 17.0 Å². The molecule has 1 aromatic carbocycles. The van der Waals surface area contributed by atoms with Crippen molar-refractivity contribution in [3.63, 3.8) is 0 Å². The molecule has 2 rings (SSSR count). The van der Waals surface area contributed by atoms with Gasteiger partial charge >= 0.3 is 0 Å². The smallest absolute Gasteiger partial charge is 0.254 e. The Morgan fingerprint density at radius 1 is 1.56 bits per heavy atom. The van der Waals surface area contributed by atoms with Gasteiger partial charge in [-0.1, -0.05) is 11.6 Å². The van der Waals surface area contributed by atoms with Gasteiger partial charge in [-0.2, -0.15) is 0 Å². The molecule has 6 heteroatoms. The number of nitrogens with zero attached hydrogens (tertiary/aromatic N) is 1. The first-order valence-electron chi connectivity index (χ1n) is 5.61. The van der Waals surface area contributed by atoms with E-state index in [0.717, 1.165) is 6.07 Å². The van der Waals surface area contributed by atoms with Crippen LogP contribution in [-0.4, -0.2) is 48.2 Å². The number of rotatable bonds is 2. The Bertz CT molecular complexity index is 469. The molecular formula is C12H14ClFN2O2. The van der Waals surface area contributed by atoms with Gasteiger partial charge in [-0.25, -0.2) is 4.39 Å². The minimum atomic E-state index is -0.588. The van der Waals surface area contributed by atoms with Crippen molar-refractivity contribution in [1.29, 1.82) is 0 Å². The molecule has 0 spiro atoms. The minimum Gasteiger partial charge on any atom is -0.390 e. The third-order valence-corrected chi connectivity index (χ3v) is 3.43. The van der Waals surface area contributed by atoms with Crippen LogP contribution >= 0.6 is 11.6 Å². The van der Waals surface area contributed by atoms with E-state index in [9.17, 15) is 14.3 Å². The number of nitrogens with one attached hydrogen (secondary N) is 1. The minimum absolute atomic E-state index is 0.0839. The van der Waals surface area contributed by atoms with Crippen LogP contribution in [0.1, 0.15) is 10.4 Å². The molecule has 2 atom stereocenters. The van der Waals surface area contributed by atoms with Crippen molar-refractivity contribution in [1.82, 2.24) is 10.2 Å². The zero-order valence-corrected chi connectivity index (χ0v) is 10.6. The summed E-state index contributed by atoms with van der Waals surface area (Å²) in [6.07, 6.45) is -0.588. The van der Waals surface area contributed by atoms with Crippen LogP contribution in [-0.2, 0) is 0 Å². The summed E-state index contributed by atoms with van der Waals surface area (Å²) in [4.78, 5) is 13.6. The molecule has 1 heterocycles. The van der Waals surface area contributed by atoms with Gasteiger partial charge in [0.25, 0.3) is 5.91 Å². The third-order valence-electron chi connectivity index (χ3n) is 3.14. The quantitative estimate of drug-likeness (QED) is 0.841. The third kappa shape index (κ3) is 2.48. The zero-order chi connectivity index (χ0) is 13.3. The molecule has 0 aliphatic carbocycles. The molecule has 0 radical (unpaired) electrons. The fraction of sp³-hybridized carbons (Fsp3) is 0.417. The number of carbonyl (C=O) groups excluding carboxylic acids is 1. The summed E-state index contributed by atoms with van der Waals surface area (Å²) < 4.78 is 13.0. The van der Waals surface area contributed by atoms with E-state index in [1.54, 1.807) is 7.05 Å². The van der Waals surface area contributed by atoms with Gasteiger partial charge in [-0.15, -0.1) is 0 Å². The van der Waals surface area contributed by atoms with Crippen LogP contribution in [0.25, 0.3) is 0 Å². The van der Waals surface area contributed by atoms with Crippen LogP contribution < -0.4 is 5.32 Å². The van der Waals surface area contributed by atoms with E-state index < -0.39 is 11.9 Å². The number of halogens is 2. The first-order chi connectivity index (χ1) is 8.50. The molecule has 98 valence electrons. The summed E-state index contributed by atoms with van der Waals surface area (Å²) in [7, 11) is 1.61. The van der Waals surface area contributed by atoms with E-state index in [1.165, 1.54) is 17.0 Å². The predicted molar refractivity (Wildman–Crippen MR) is 66.2 cm³/mol. The molecule has 2 N–H and O–H groups in total. The van der Waals surface area contributed by atoms with Gasteiger partial charge in [0, 0.05) is 25.7 Å². The van der Waals surface area contributed by atoms with Gasteiger partial charge < -0.3 is 15.3 Å². The van der Waals surface area contributed by atoms with Gasteiger partial charge in [0.2, 0.25) is 0 Å². The molecule has 18 heavy (non-hydrogen) atoms. The van der Waals surface area contributed by atoms with Gasteiger partial charge in [-0.05, 0) is 18.2 Å². The van der Waals surface area contributed by atoms with Crippen molar-refractivity contribution in [3.05, 3.63) is 34.6 Å². The number of hydrogen-bond donors (Lipinski definition) is 2. The molecule has 0 unspecified atom stereocenters. The molecule has 0 bridgehead atoms. The van der Waals surface area contributed by atoms with Crippen molar-refractivity contribution >= 4 is 17.5 Å². The second kappa shape index (κ2) is 5.22. The molecule has 1 aliphatic rings. The summed E-state index contributed by atoms with van der Waals surface area (Å²) in [6, 6.07) is 3.56. The molecular weight excluding hydrogens is 259 g/mol. The van der Waals surface area contributed by atoms with Crippen molar-refractivity contribution in [3.8, 4) is 0 Å². The summed E-state index contributed by atoms with van der Waals surface area (Å²) in [5.74, 6) is -0.844. The number of β-amino-alcohol motifs (C(OH)–C–C–N with tert-alkyl or cyclic N) is 1. The summed E-state index contributed by atoms with van der Waals surface area (Å²) in [6.45, 7) is 1.00. The van der Waals surface area contributed by atoms with Gasteiger partial charge in [0.15, 0.2) is 0 Å².